The Kier molecular flexibility index (Phi) is 5.47. The van der Waals surface area contributed by atoms with Gasteiger partial charge in [-0.05, 0) is 63.5 Å². The van der Waals surface area contributed by atoms with Crippen LogP contribution in [0.4, 0.5) is 0 Å². The van der Waals surface area contributed by atoms with Gasteiger partial charge in [-0.2, -0.15) is 0 Å². The van der Waals surface area contributed by atoms with Crippen LogP contribution in [0.25, 0.3) is 0 Å². The Labute approximate surface area is 142 Å². The normalized spacial score (nSPS) is 11.0. The van der Waals surface area contributed by atoms with Gasteiger partial charge in [-0.3, -0.25) is 4.79 Å². The molecule has 0 aliphatic rings. The average molecular weight is 388 g/mol. The van der Waals surface area contributed by atoms with Gasteiger partial charge in [-0.15, -0.1) is 11.3 Å². The van der Waals surface area contributed by atoms with E-state index in [2.05, 4.69) is 29.8 Å². The van der Waals surface area contributed by atoms with Crippen molar-refractivity contribution in [1.29, 1.82) is 0 Å². The molecular weight excluding hydrogens is 372 g/mol. The minimum absolute atomic E-state index is 0.0277. The summed E-state index contributed by atoms with van der Waals surface area (Å²) in [5.41, 5.74) is 1.96. The predicted molar refractivity (Wildman–Crippen MR) is 92.1 cm³/mol. The molecule has 0 spiro atoms. The number of Topliss-reactive ketones (excluding diaryl/α,β-unsaturated/α-hetero) is 1. The van der Waals surface area contributed by atoms with Crippen molar-refractivity contribution in [2.24, 2.45) is 0 Å². The zero-order valence-corrected chi connectivity index (χ0v) is 15.2. The Morgan fingerprint density at radius 3 is 2.71 bits per heavy atom. The maximum atomic E-state index is 12.2. The molecule has 0 amide bonds. The van der Waals surface area contributed by atoms with Crippen LogP contribution in [0.2, 0.25) is 5.02 Å². The molecule has 0 unspecified atom stereocenters. The molecule has 21 heavy (non-hydrogen) atoms. The highest BCUT2D eigenvalue weighted by molar-refractivity contribution is 9.10. The Morgan fingerprint density at radius 2 is 2.14 bits per heavy atom. The molecular formula is C16H16BrClO2S. The zero-order chi connectivity index (χ0) is 15.6. The van der Waals surface area contributed by atoms with E-state index in [9.17, 15) is 4.79 Å². The van der Waals surface area contributed by atoms with Crippen molar-refractivity contribution in [3.05, 3.63) is 49.1 Å². The van der Waals surface area contributed by atoms with Gasteiger partial charge < -0.3 is 4.74 Å². The second kappa shape index (κ2) is 6.95. The zero-order valence-electron chi connectivity index (χ0n) is 12.1. The molecule has 0 radical (unpaired) electrons. The molecule has 1 aromatic heterocycles. The Bertz CT molecular complexity index is 664. The molecule has 0 bridgehead atoms. The van der Waals surface area contributed by atoms with E-state index in [1.54, 1.807) is 0 Å². The number of hydrogen-bond acceptors (Lipinski definition) is 3. The number of ether oxygens (including phenoxy) is 1. The quantitative estimate of drug-likeness (QED) is 0.601. The molecule has 0 aliphatic carbocycles. The van der Waals surface area contributed by atoms with Crippen LogP contribution >= 0.6 is 38.9 Å². The van der Waals surface area contributed by atoms with E-state index in [4.69, 9.17) is 16.3 Å². The van der Waals surface area contributed by atoms with Crippen molar-refractivity contribution in [2.75, 3.05) is 6.61 Å². The van der Waals surface area contributed by atoms with Gasteiger partial charge in [0.25, 0.3) is 0 Å². The molecule has 0 atom stereocenters. The van der Waals surface area contributed by atoms with Crippen LogP contribution in [-0.4, -0.2) is 12.4 Å². The summed E-state index contributed by atoms with van der Waals surface area (Å²) in [6.07, 6.45) is 0. The summed E-state index contributed by atoms with van der Waals surface area (Å²) in [6, 6.07) is 5.68. The highest BCUT2D eigenvalue weighted by atomic mass is 79.9. The number of ketones is 1. The topological polar surface area (TPSA) is 26.3 Å². The fourth-order valence-electron chi connectivity index (χ4n) is 1.95. The van der Waals surface area contributed by atoms with Gasteiger partial charge in [0.15, 0.2) is 6.61 Å². The molecule has 0 fully saturated rings. The lowest BCUT2D eigenvalue weighted by atomic mass is 10.0. The predicted octanol–water partition coefficient (Wildman–Crippen LogP) is 5.86. The standard InChI is InChI=1S/C16H16BrClO2S/c1-9(2)11-7-13(18)10(3)6-15(11)20-8-14(19)16-12(17)4-5-21-16/h4-7,9H,8H2,1-3H3. The summed E-state index contributed by atoms with van der Waals surface area (Å²) in [5, 5.41) is 2.60. The van der Waals surface area contributed by atoms with Crippen molar-refractivity contribution in [2.45, 2.75) is 26.7 Å². The summed E-state index contributed by atoms with van der Waals surface area (Å²) >= 11 is 10.9. The minimum atomic E-state index is -0.0285. The van der Waals surface area contributed by atoms with Crippen LogP contribution in [0.1, 0.15) is 40.6 Å². The smallest absolute Gasteiger partial charge is 0.211 e. The second-order valence-corrected chi connectivity index (χ2v) is 7.28. The first-order valence-electron chi connectivity index (χ1n) is 6.59. The maximum Gasteiger partial charge on any atom is 0.211 e. The number of benzene rings is 1. The lowest BCUT2D eigenvalue weighted by Crippen LogP contribution is -2.12. The molecule has 112 valence electrons. The van der Waals surface area contributed by atoms with Crippen molar-refractivity contribution in [1.82, 2.24) is 0 Å². The summed E-state index contributed by atoms with van der Waals surface area (Å²) in [7, 11) is 0. The lowest BCUT2D eigenvalue weighted by Gasteiger charge is -2.15. The molecule has 2 nitrogen and oxygen atoms in total. The maximum absolute atomic E-state index is 12.2. The molecule has 0 saturated heterocycles. The number of carbonyl (C=O) groups excluding carboxylic acids is 1. The van der Waals surface area contributed by atoms with Crippen molar-refractivity contribution in [3.8, 4) is 5.75 Å². The van der Waals surface area contributed by atoms with E-state index in [1.165, 1.54) is 11.3 Å². The fourth-order valence-corrected chi connectivity index (χ4v) is 3.64. The molecule has 0 N–H and O–H groups in total. The van der Waals surface area contributed by atoms with E-state index in [0.717, 1.165) is 26.4 Å². The van der Waals surface area contributed by atoms with E-state index in [1.807, 2.05) is 30.5 Å². The van der Waals surface area contributed by atoms with E-state index in [0.29, 0.717) is 4.88 Å². The van der Waals surface area contributed by atoms with Gasteiger partial charge in [0.05, 0.1) is 4.88 Å². The Hall–Kier alpha value is -0.840. The summed E-state index contributed by atoms with van der Waals surface area (Å²) in [6.45, 7) is 6.11. The Balaban J connectivity index is 2.18. The third kappa shape index (κ3) is 3.87. The summed E-state index contributed by atoms with van der Waals surface area (Å²) in [4.78, 5) is 12.8. The average Bonchev–Trinajstić information content (AvgIpc) is 2.85. The molecule has 0 saturated carbocycles. The number of thiophene rings is 1. The highest BCUT2D eigenvalue weighted by Crippen LogP contribution is 2.32. The number of carbonyl (C=O) groups is 1. The van der Waals surface area contributed by atoms with Gasteiger partial charge in [-0.1, -0.05) is 25.4 Å². The van der Waals surface area contributed by atoms with Crippen LogP contribution in [0, 0.1) is 6.92 Å². The number of hydrogen-bond donors (Lipinski definition) is 0. The fraction of sp³-hybridized carbons (Fsp3) is 0.312. The van der Waals surface area contributed by atoms with Crippen molar-refractivity contribution in [3.63, 3.8) is 0 Å². The lowest BCUT2D eigenvalue weighted by molar-refractivity contribution is 0.0924. The van der Waals surface area contributed by atoms with E-state index < -0.39 is 0 Å². The van der Waals surface area contributed by atoms with E-state index >= 15 is 0 Å². The first-order chi connectivity index (χ1) is 9.90. The SMILES string of the molecule is Cc1cc(OCC(=O)c2sccc2Br)c(C(C)C)cc1Cl. The van der Waals surface area contributed by atoms with Crippen LogP contribution in [0.3, 0.4) is 0 Å². The number of halogens is 2. The third-order valence-corrected chi connectivity index (χ3v) is 5.43. The van der Waals surface area contributed by atoms with Gasteiger partial charge in [0.2, 0.25) is 5.78 Å². The molecule has 1 heterocycles. The molecule has 2 aromatic rings. The first kappa shape index (κ1) is 16.5. The number of aryl methyl sites for hydroxylation is 1. The van der Waals surface area contributed by atoms with Gasteiger partial charge in [-0.25, -0.2) is 0 Å². The van der Waals surface area contributed by atoms with Gasteiger partial charge in [0.1, 0.15) is 5.75 Å². The molecule has 1 aromatic carbocycles. The molecule has 5 heteroatoms. The van der Waals surface area contributed by atoms with Crippen LogP contribution in [0.15, 0.2) is 28.1 Å². The van der Waals surface area contributed by atoms with Gasteiger partial charge in [0, 0.05) is 9.50 Å². The van der Waals surface area contributed by atoms with Crippen LogP contribution in [-0.2, 0) is 0 Å². The van der Waals surface area contributed by atoms with Crippen LogP contribution < -0.4 is 4.74 Å². The highest BCUT2D eigenvalue weighted by Gasteiger charge is 2.15. The minimum Gasteiger partial charge on any atom is -0.485 e. The van der Waals surface area contributed by atoms with Crippen molar-refractivity contribution >= 4 is 44.7 Å². The third-order valence-electron chi connectivity index (χ3n) is 3.14. The van der Waals surface area contributed by atoms with Crippen LogP contribution in [0.5, 0.6) is 5.75 Å². The second-order valence-electron chi connectivity index (χ2n) is 5.10. The van der Waals surface area contributed by atoms with Crippen molar-refractivity contribution < 1.29 is 9.53 Å². The molecule has 0 aliphatic heterocycles. The monoisotopic (exact) mass is 386 g/mol. The largest absolute Gasteiger partial charge is 0.485 e. The summed E-state index contributed by atoms with van der Waals surface area (Å²) < 4.78 is 6.57. The van der Waals surface area contributed by atoms with E-state index in [-0.39, 0.29) is 18.3 Å². The molecule has 2 rings (SSSR count). The van der Waals surface area contributed by atoms with Gasteiger partial charge >= 0.3 is 0 Å². The first-order valence-corrected chi connectivity index (χ1v) is 8.64. The number of rotatable bonds is 5. The Morgan fingerprint density at radius 1 is 1.43 bits per heavy atom. The summed E-state index contributed by atoms with van der Waals surface area (Å²) in [5.74, 6) is 0.980.